The Labute approximate surface area is 90.3 Å². The lowest BCUT2D eigenvalue weighted by molar-refractivity contribution is 0.276. The van der Waals surface area contributed by atoms with Gasteiger partial charge in [0.1, 0.15) is 12.0 Å². The van der Waals surface area contributed by atoms with Gasteiger partial charge in [-0.1, -0.05) is 11.6 Å². The van der Waals surface area contributed by atoms with Crippen molar-refractivity contribution >= 4 is 11.6 Å². The fourth-order valence-electron chi connectivity index (χ4n) is 0.957. The van der Waals surface area contributed by atoms with Gasteiger partial charge < -0.3 is 14.3 Å². The van der Waals surface area contributed by atoms with E-state index in [2.05, 4.69) is 9.97 Å². The molecule has 0 spiro atoms. The van der Waals surface area contributed by atoms with Gasteiger partial charge in [-0.05, 0) is 0 Å². The van der Waals surface area contributed by atoms with Gasteiger partial charge in [0, 0.05) is 12.3 Å². The second kappa shape index (κ2) is 4.29. The molecule has 2 heterocycles. The van der Waals surface area contributed by atoms with E-state index in [-0.39, 0.29) is 12.7 Å². The van der Waals surface area contributed by atoms with Gasteiger partial charge in [0.05, 0.1) is 17.8 Å². The number of hydrogen-bond donors (Lipinski definition) is 1. The summed E-state index contributed by atoms with van der Waals surface area (Å²) in [6.45, 7) is -0.194. The molecule has 0 unspecified atom stereocenters. The quantitative estimate of drug-likeness (QED) is 0.867. The molecule has 0 bridgehead atoms. The molecule has 0 amide bonds. The molecule has 78 valence electrons. The summed E-state index contributed by atoms with van der Waals surface area (Å²) < 4.78 is 10.1. The Bertz CT molecular complexity index is 458. The minimum atomic E-state index is -0.194. The van der Waals surface area contributed by atoms with Crippen molar-refractivity contribution in [3.8, 4) is 11.8 Å². The molecule has 0 fully saturated rings. The molecule has 0 aliphatic rings. The van der Waals surface area contributed by atoms with Gasteiger partial charge in [0.25, 0.3) is 0 Å². The van der Waals surface area contributed by atoms with Crippen LogP contribution in [0, 0.1) is 0 Å². The van der Waals surface area contributed by atoms with E-state index >= 15 is 0 Å². The van der Waals surface area contributed by atoms with Crippen molar-refractivity contribution in [2.45, 2.75) is 6.61 Å². The normalized spacial score (nSPS) is 10.3. The molecule has 0 aliphatic carbocycles. The molecule has 0 saturated heterocycles. The van der Waals surface area contributed by atoms with E-state index in [4.69, 9.17) is 25.9 Å². The van der Waals surface area contributed by atoms with Crippen LogP contribution in [0.4, 0.5) is 0 Å². The highest BCUT2D eigenvalue weighted by molar-refractivity contribution is 6.30. The molecule has 0 radical (unpaired) electrons. The first-order valence-corrected chi connectivity index (χ1v) is 4.49. The van der Waals surface area contributed by atoms with Crippen molar-refractivity contribution in [2.24, 2.45) is 0 Å². The van der Waals surface area contributed by atoms with Crippen LogP contribution >= 0.6 is 11.6 Å². The first kappa shape index (κ1) is 9.95. The third kappa shape index (κ3) is 2.45. The van der Waals surface area contributed by atoms with Gasteiger partial charge in [-0.25, -0.2) is 0 Å². The summed E-state index contributed by atoms with van der Waals surface area (Å²) in [5, 5.41) is 9.21. The lowest BCUT2D eigenvalue weighted by Crippen LogP contribution is -1.86. The Hall–Kier alpha value is -1.59. The summed E-state index contributed by atoms with van der Waals surface area (Å²) in [6, 6.07) is 1.58. The molecule has 1 N–H and O–H groups in total. The topological polar surface area (TPSA) is 68.4 Å². The first-order chi connectivity index (χ1) is 7.28. The average molecular weight is 227 g/mol. The monoisotopic (exact) mass is 226 g/mol. The average Bonchev–Trinajstić information content (AvgIpc) is 2.65. The van der Waals surface area contributed by atoms with Crippen LogP contribution in [0.25, 0.3) is 0 Å². The molecule has 2 aromatic heterocycles. The predicted molar refractivity (Wildman–Crippen MR) is 51.7 cm³/mol. The Kier molecular flexibility index (Phi) is 2.84. The van der Waals surface area contributed by atoms with Crippen LogP contribution in [0.2, 0.25) is 5.02 Å². The van der Waals surface area contributed by atoms with Crippen LogP contribution in [-0.2, 0) is 6.61 Å². The van der Waals surface area contributed by atoms with Crippen LogP contribution in [0.1, 0.15) is 5.69 Å². The van der Waals surface area contributed by atoms with Crippen molar-refractivity contribution in [3.63, 3.8) is 0 Å². The van der Waals surface area contributed by atoms with E-state index in [0.29, 0.717) is 16.5 Å². The second-order valence-electron chi connectivity index (χ2n) is 2.70. The van der Waals surface area contributed by atoms with Crippen LogP contribution in [0.5, 0.6) is 11.8 Å². The highest BCUT2D eigenvalue weighted by Gasteiger charge is 2.05. The van der Waals surface area contributed by atoms with Gasteiger partial charge in [-0.3, -0.25) is 4.98 Å². The molecule has 5 nitrogen and oxygen atoms in total. The highest BCUT2D eigenvalue weighted by atomic mass is 35.5. The van der Waals surface area contributed by atoms with Crippen LogP contribution in [0.3, 0.4) is 0 Å². The van der Waals surface area contributed by atoms with E-state index in [9.17, 15) is 0 Å². The number of pyridine rings is 1. The van der Waals surface area contributed by atoms with E-state index in [0.717, 1.165) is 0 Å². The van der Waals surface area contributed by atoms with E-state index in [1.54, 1.807) is 6.07 Å². The molecule has 0 aliphatic heterocycles. The third-order valence-corrected chi connectivity index (χ3v) is 1.78. The van der Waals surface area contributed by atoms with Crippen molar-refractivity contribution in [3.05, 3.63) is 35.4 Å². The smallest absolute Gasteiger partial charge is 0.399 e. The molecule has 6 heteroatoms. The number of hydrogen-bond acceptors (Lipinski definition) is 5. The van der Waals surface area contributed by atoms with Crippen molar-refractivity contribution in [1.82, 2.24) is 9.97 Å². The van der Waals surface area contributed by atoms with Gasteiger partial charge in [-0.15, -0.1) is 0 Å². The summed E-state index contributed by atoms with van der Waals surface area (Å²) in [5.41, 5.74) is 0.403. The number of aromatic nitrogens is 2. The summed E-state index contributed by atoms with van der Waals surface area (Å²) in [6.07, 6.45) is 4.33. The lowest BCUT2D eigenvalue weighted by Gasteiger charge is -1.98. The minimum absolute atomic E-state index is 0.0446. The largest absolute Gasteiger partial charge is 0.417 e. The zero-order valence-electron chi connectivity index (χ0n) is 7.55. The number of aliphatic hydroxyl groups excluding tert-OH is 1. The fraction of sp³-hybridized carbons (Fsp3) is 0.111. The van der Waals surface area contributed by atoms with E-state index in [1.165, 1.54) is 18.7 Å². The maximum Gasteiger partial charge on any atom is 0.399 e. The zero-order valence-corrected chi connectivity index (χ0v) is 8.31. The van der Waals surface area contributed by atoms with E-state index in [1.807, 2.05) is 0 Å². The van der Waals surface area contributed by atoms with Gasteiger partial charge in [0.15, 0.2) is 5.75 Å². The van der Waals surface area contributed by atoms with E-state index < -0.39 is 0 Å². The second-order valence-corrected chi connectivity index (χ2v) is 3.14. The molecule has 0 aromatic carbocycles. The number of ether oxygens (including phenoxy) is 1. The predicted octanol–water partition coefficient (Wildman–Crippen LogP) is 2.01. The maximum atomic E-state index is 8.75. The number of rotatable bonds is 3. The van der Waals surface area contributed by atoms with Crippen molar-refractivity contribution in [1.29, 1.82) is 0 Å². The Balaban J connectivity index is 2.14. The first-order valence-electron chi connectivity index (χ1n) is 4.11. The van der Waals surface area contributed by atoms with Gasteiger partial charge in [0.2, 0.25) is 0 Å². The zero-order chi connectivity index (χ0) is 10.7. The summed E-state index contributed by atoms with van der Waals surface area (Å²) in [4.78, 5) is 7.68. The summed E-state index contributed by atoms with van der Waals surface area (Å²) in [7, 11) is 0. The van der Waals surface area contributed by atoms with Gasteiger partial charge in [-0.2, -0.15) is 4.98 Å². The summed E-state index contributed by atoms with van der Waals surface area (Å²) >= 11 is 5.71. The molecular weight excluding hydrogens is 220 g/mol. The number of oxazole rings is 1. The number of aliphatic hydroxyl groups is 1. The molecule has 15 heavy (non-hydrogen) atoms. The van der Waals surface area contributed by atoms with Crippen molar-refractivity contribution < 1.29 is 14.3 Å². The Morgan fingerprint density at radius 2 is 2.33 bits per heavy atom. The number of halogens is 1. The molecular formula is C9H7ClN2O3. The van der Waals surface area contributed by atoms with Crippen LogP contribution < -0.4 is 4.74 Å². The SMILES string of the molecule is OCc1coc(Oc2cncc(Cl)c2)n1. The van der Waals surface area contributed by atoms with Crippen LogP contribution in [0.15, 0.2) is 29.1 Å². The third-order valence-electron chi connectivity index (χ3n) is 1.58. The molecule has 0 atom stereocenters. The van der Waals surface area contributed by atoms with Gasteiger partial charge >= 0.3 is 6.08 Å². The molecule has 2 aromatic rings. The van der Waals surface area contributed by atoms with Crippen molar-refractivity contribution in [2.75, 3.05) is 0 Å². The summed E-state index contributed by atoms with van der Waals surface area (Å²) in [5.74, 6) is 0.425. The molecule has 0 saturated carbocycles. The Morgan fingerprint density at radius 3 is 3.00 bits per heavy atom. The fourth-order valence-corrected chi connectivity index (χ4v) is 1.12. The highest BCUT2D eigenvalue weighted by Crippen LogP contribution is 2.22. The standard InChI is InChI=1S/C9H7ClN2O3/c10-6-1-8(3-11-2-6)15-9-12-7(4-13)5-14-9/h1-3,5,13H,4H2. The number of nitrogens with zero attached hydrogens (tertiary/aromatic N) is 2. The molecule has 2 rings (SSSR count). The Morgan fingerprint density at radius 1 is 1.47 bits per heavy atom. The van der Waals surface area contributed by atoms with Crippen LogP contribution in [-0.4, -0.2) is 15.1 Å². The lowest BCUT2D eigenvalue weighted by atomic mass is 10.5. The minimum Gasteiger partial charge on any atom is -0.417 e. The maximum absolute atomic E-state index is 8.75.